The fourth-order valence-electron chi connectivity index (χ4n) is 2.55. The minimum atomic E-state index is -0.306. The Balaban J connectivity index is 1.58. The van der Waals surface area contributed by atoms with Gasteiger partial charge >= 0.3 is 0 Å². The maximum absolute atomic E-state index is 12.3. The zero-order valence-electron chi connectivity index (χ0n) is 15.2. The smallest absolute Gasteiger partial charge is 0.291 e. The van der Waals surface area contributed by atoms with Gasteiger partial charge < -0.3 is 15.1 Å². The fraction of sp³-hybridized carbons (Fsp3) is 0.0909. The number of ketones is 1. The molecule has 0 bridgehead atoms. The normalized spacial score (nSPS) is 10.7. The monoisotopic (exact) mass is 360 g/mol. The molecule has 0 fully saturated rings. The lowest BCUT2D eigenvalue weighted by atomic mass is 10.0. The molecule has 3 rings (SSSR count). The summed E-state index contributed by atoms with van der Waals surface area (Å²) in [6, 6.07) is 16.2. The molecule has 27 heavy (non-hydrogen) atoms. The van der Waals surface area contributed by atoms with E-state index in [-0.39, 0.29) is 17.5 Å². The minimum absolute atomic E-state index is 0.0500. The molecule has 2 aromatic carbocycles. The summed E-state index contributed by atoms with van der Waals surface area (Å²) in [6.07, 6.45) is 4.57. The van der Waals surface area contributed by atoms with Gasteiger partial charge in [0.1, 0.15) is 0 Å². The lowest BCUT2D eigenvalue weighted by Gasteiger charge is -2.06. The van der Waals surface area contributed by atoms with Crippen LogP contribution >= 0.6 is 0 Å². The van der Waals surface area contributed by atoms with E-state index in [1.165, 1.54) is 12.3 Å². The van der Waals surface area contributed by atoms with E-state index in [1.54, 1.807) is 30.5 Å². The molecular weight excluding hydrogens is 340 g/mol. The van der Waals surface area contributed by atoms with Crippen LogP contribution in [0.2, 0.25) is 0 Å². The Morgan fingerprint density at radius 3 is 2.41 bits per heavy atom. The van der Waals surface area contributed by atoms with Gasteiger partial charge in [0.05, 0.1) is 6.26 Å². The first-order valence-corrected chi connectivity index (χ1v) is 8.52. The van der Waals surface area contributed by atoms with Crippen molar-refractivity contribution < 1.29 is 14.0 Å². The van der Waals surface area contributed by atoms with Crippen LogP contribution in [0, 0.1) is 13.8 Å². The number of hydrogen-bond donors (Lipinski definition) is 2. The number of hydrogen-bond acceptors (Lipinski definition) is 4. The molecule has 0 aliphatic heterocycles. The summed E-state index contributed by atoms with van der Waals surface area (Å²) in [7, 11) is 0. The van der Waals surface area contributed by atoms with Crippen LogP contribution in [-0.2, 0) is 0 Å². The largest absolute Gasteiger partial charge is 0.459 e. The van der Waals surface area contributed by atoms with E-state index in [1.807, 2.05) is 44.2 Å². The second kappa shape index (κ2) is 8.19. The quantitative estimate of drug-likeness (QED) is 0.481. The van der Waals surface area contributed by atoms with Crippen molar-refractivity contribution in [2.75, 3.05) is 10.6 Å². The number of anilines is 2. The Bertz CT molecular complexity index is 971. The molecule has 1 aromatic heterocycles. The average molecular weight is 360 g/mol. The summed E-state index contributed by atoms with van der Waals surface area (Å²) in [5, 5.41) is 5.80. The van der Waals surface area contributed by atoms with Crippen LogP contribution in [0.25, 0.3) is 0 Å². The van der Waals surface area contributed by atoms with Crippen molar-refractivity contribution >= 4 is 23.1 Å². The van der Waals surface area contributed by atoms with Crippen molar-refractivity contribution in [3.8, 4) is 0 Å². The van der Waals surface area contributed by atoms with Gasteiger partial charge in [-0.25, -0.2) is 0 Å². The summed E-state index contributed by atoms with van der Waals surface area (Å²) in [5.74, 6) is -0.101. The van der Waals surface area contributed by atoms with Crippen LogP contribution in [0.15, 0.2) is 77.6 Å². The zero-order valence-corrected chi connectivity index (χ0v) is 15.2. The topological polar surface area (TPSA) is 71.3 Å². The number of benzene rings is 2. The number of aryl methyl sites for hydroxylation is 2. The standard InChI is InChI=1S/C22H20N2O3/c1-15-5-6-16(2)19(14-15)20(25)11-12-23-17-7-9-18(10-8-17)24-22(26)21-4-3-13-27-21/h3-14,23H,1-2H3,(H,24,26)/b12-11+. The Morgan fingerprint density at radius 2 is 1.70 bits per heavy atom. The maximum Gasteiger partial charge on any atom is 0.291 e. The number of rotatable bonds is 6. The van der Waals surface area contributed by atoms with E-state index in [0.29, 0.717) is 11.3 Å². The van der Waals surface area contributed by atoms with Crippen molar-refractivity contribution in [1.82, 2.24) is 0 Å². The van der Waals surface area contributed by atoms with Crippen molar-refractivity contribution in [3.05, 3.63) is 95.6 Å². The third-order valence-electron chi connectivity index (χ3n) is 4.03. The highest BCUT2D eigenvalue weighted by Crippen LogP contribution is 2.16. The molecule has 0 aliphatic carbocycles. The second-order valence-corrected chi connectivity index (χ2v) is 6.17. The summed E-state index contributed by atoms with van der Waals surface area (Å²) in [4.78, 5) is 24.2. The third-order valence-corrected chi connectivity index (χ3v) is 4.03. The first kappa shape index (κ1) is 18.2. The van der Waals surface area contributed by atoms with Gasteiger partial charge in [0.2, 0.25) is 0 Å². The lowest BCUT2D eigenvalue weighted by molar-refractivity contribution is 0.0995. The molecule has 1 heterocycles. The van der Waals surface area contributed by atoms with Gasteiger partial charge in [-0.05, 0) is 61.9 Å². The minimum Gasteiger partial charge on any atom is -0.459 e. The Labute approximate surface area is 157 Å². The Morgan fingerprint density at radius 1 is 0.963 bits per heavy atom. The molecular formula is C22H20N2O3. The molecule has 3 aromatic rings. The summed E-state index contributed by atoms with van der Waals surface area (Å²) >= 11 is 0. The molecule has 0 spiro atoms. The van der Waals surface area contributed by atoms with Crippen molar-refractivity contribution in [3.63, 3.8) is 0 Å². The lowest BCUT2D eigenvalue weighted by Crippen LogP contribution is -2.10. The van der Waals surface area contributed by atoms with E-state index < -0.39 is 0 Å². The first-order valence-electron chi connectivity index (χ1n) is 8.52. The number of nitrogens with one attached hydrogen (secondary N) is 2. The SMILES string of the molecule is Cc1ccc(C)c(C(=O)/C=C/Nc2ccc(NC(=O)c3ccco3)cc2)c1. The second-order valence-electron chi connectivity index (χ2n) is 6.17. The van der Waals surface area contributed by atoms with Crippen LogP contribution in [0.5, 0.6) is 0 Å². The summed E-state index contributed by atoms with van der Waals surface area (Å²) in [6.45, 7) is 3.88. The molecule has 1 amide bonds. The molecule has 0 unspecified atom stereocenters. The molecule has 5 heteroatoms. The molecule has 0 saturated heterocycles. The molecule has 0 saturated carbocycles. The highest BCUT2D eigenvalue weighted by molar-refractivity contribution is 6.05. The predicted octanol–water partition coefficient (Wildman–Crippen LogP) is 4.96. The molecule has 136 valence electrons. The summed E-state index contributed by atoms with van der Waals surface area (Å²) < 4.78 is 5.05. The molecule has 2 N–H and O–H groups in total. The van der Waals surface area contributed by atoms with Crippen molar-refractivity contribution in [1.29, 1.82) is 0 Å². The molecule has 0 radical (unpaired) electrons. The van der Waals surface area contributed by atoms with Gasteiger partial charge in [0.25, 0.3) is 5.91 Å². The average Bonchev–Trinajstić information content (AvgIpc) is 3.20. The number of carbonyl (C=O) groups is 2. The van der Waals surface area contributed by atoms with E-state index in [9.17, 15) is 9.59 Å². The van der Waals surface area contributed by atoms with Crippen molar-refractivity contribution in [2.45, 2.75) is 13.8 Å². The number of carbonyl (C=O) groups excluding carboxylic acids is 2. The number of furan rings is 1. The highest BCUT2D eigenvalue weighted by Gasteiger charge is 2.08. The van der Waals surface area contributed by atoms with Crippen LogP contribution < -0.4 is 10.6 Å². The van der Waals surface area contributed by atoms with Gasteiger partial charge in [0.15, 0.2) is 11.5 Å². The van der Waals surface area contributed by atoms with Crippen LogP contribution in [-0.4, -0.2) is 11.7 Å². The van der Waals surface area contributed by atoms with Gasteiger partial charge in [-0.15, -0.1) is 0 Å². The Hall–Kier alpha value is -3.60. The maximum atomic E-state index is 12.3. The first-order chi connectivity index (χ1) is 13.0. The highest BCUT2D eigenvalue weighted by atomic mass is 16.3. The van der Waals surface area contributed by atoms with E-state index in [2.05, 4.69) is 10.6 Å². The van der Waals surface area contributed by atoms with Crippen LogP contribution in [0.3, 0.4) is 0 Å². The Kier molecular flexibility index (Phi) is 5.52. The number of amides is 1. The van der Waals surface area contributed by atoms with E-state index in [4.69, 9.17) is 4.42 Å². The predicted molar refractivity (Wildman–Crippen MR) is 106 cm³/mol. The van der Waals surface area contributed by atoms with Gasteiger partial charge in [-0.1, -0.05) is 17.7 Å². The van der Waals surface area contributed by atoms with E-state index >= 15 is 0 Å². The van der Waals surface area contributed by atoms with Crippen molar-refractivity contribution in [2.24, 2.45) is 0 Å². The molecule has 5 nitrogen and oxygen atoms in total. The van der Waals surface area contributed by atoms with Gasteiger partial charge in [0, 0.05) is 29.2 Å². The molecule has 0 aliphatic rings. The van der Waals surface area contributed by atoms with E-state index in [0.717, 1.165) is 16.8 Å². The van der Waals surface area contributed by atoms with Gasteiger partial charge in [-0.3, -0.25) is 9.59 Å². The van der Waals surface area contributed by atoms with Crippen LogP contribution in [0.4, 0.5) is 11.4 Å². The zero-order chi connectivity index (χ0) is 19.2. The summed E-state index contributed by atoms with van der Waals surface area (Å²) in [5.41, 5.74) is 4.15. The molecule has 0 atom stereocenters. The fourth-order valence-corrected chi connectivity index (χ4v) is 2.55. The van der Waals surface area contributed by atoms with Crippen LogP contribution in [0.1, 0.15) is 32.0 Å². The van der Waals surface area contributed by atoms with Gasteiger partial charge in [-0.2, -0.15) is 0 Å². The number of allylic oxidation sites excluding steroid dienone is 1. The third kappa shape index (κ3) is 4.73.